The predicted molar refractivity (Wildman–Crippen MR) is 67.4 cm³/mol. The van der Waals surface area contributed by atoms with E-state index in [1.165, 1.54) is 24.1 Å². The fraction of sp³-hybridized carbons (Fsp3) is 0.385. The van der Waals surface area contributed by atoms with Crippen molar-refractivity contribution in [2.75, 3.05) is 26.8 Å². The van der Waals surface area contributed by atoms with E-state index in [0.717, 1.165) is 6.07 Å². The Bertz CT molecular complexity index is 530. The molecule has 7 heteroatoms. The number of esters is 1. The SMILES string of the molecule is COC(=O)C1CN(C(=O)c2ccc(O)cc2O)CCO1. The Morgan fingerprint density at radius 2 is 2.15 bits per heavy atom. The van der Waals surface area contributed by atoms with Gasteiger partial charge in [0.25, 0.3) is 5.91 Å². The molecular formula is C13H15NO6. The molecule has 2 rings (SSSR count). The number of rotatable bonds is 2. The van der Waals surface area contributed by atoms with E-state index >= 15 is 0 Å². The average Bonchev–Trinajstić information content (AvgIpc) is 2.46. The first-order valence-corrected chi connectivity index (χ1v) is 6.03. The number of carbonyl (C=O) groups is 2. The zero-order valence-electron chi connectivity index (χ0n) is 10.9. The molecule has 1 atom stereocenters. The number of phenols is 2. The average molecular weight is 281 g/mol. The summed E-state index contributed by atoms with van der Waals surface area (Å²) in [6, 6.07) is 3.73. The van der Waals surface area contributed by atoms with Crippen LogP contribution in [0.1, 0.15) is 10.4 Å². The van der Waals surface area contributed by atoms with Gasteiger partial charge in [-0.3, -0.25) is 4.79 Å². The van der Waals surface area contributed by atoms with Crippen molar-refractivity contribution >= 4 is 11.9 Å². The van der Waals surface area contributed by atoms with Gasteiger partial charge in [-0.25, -0.2) is 4.79 Å². The molecule has 108 valence electrons. The summed E-state index contributed by atoms with van der Waals surface area (Å²) in [7, 11) is 1.25. The molecule has 1 aromatic rings. The highest BCUT2D eigenvalue weighted by atomic mass is 16.6. The van der Waals surface area contributed by atoms with E-state index in [-0.39, 0.29) is 30.2 Å². The highest BCUT2D eigenvalue weighted by molar-refractivity contribution is 5.97. The van der Waals surface area contributed by atoms with Crippen LogP contribution in [0, 0.1) is 0 Å². The largest absolute Gasteiger partial charge is 0.508 e. The van der Waals surface area contributed by atoms with Crippen LogP contribution in [-0.2, 0) is 14.3 Å². The van der Waals surface area contributed by atoms with Gasteiger partial charge < -0.3 is 24.6 Å². The third-order valence-electron chi connectivity index (χ3n) is 3.03. The van der Waals surface area contributed by atoms with Gasteiger partial charge in [0.2, 0.25) is 0 Å². The number of aromatic hydroxyl groups is 2. The predicted octanol–water partition coefficient (Wildman–Crippen LogP) is 0.112. The molecule has 7 nitrogen and oxygen atoms in total. The molecule has 0 spiro atoms. The Hall–Kier alpha value is -2.28. The van der Waals surface area contributed by atoms with Gasteiger partial charge in [-0.15, -0.1) is 0 Å². The third kappa shape index (κ3) is 2.83. The standard InChI is InChI=1S/C13H15NO6/c1-19-13(18)11-7-14(4-5-20-11)12(17)9-3-2-8(15)6-10(9)16/h2-3,6,11,15-16H,4-5,7H2,1H3. The lowest BCUT2D eigenvalue weighted by molar-refractivity contribution is -0.158. The summed E-state index contributed by atoms with van der Waals surface area (Å²) < 4.78 is 9.80. The van der Waals surface area contributed by atoms with E-state index in [2.05, 4.69) is 4.74 Å². The van der Waals surface area contributed by atoms with Crippen molar-refractivity contribution in [3.63, 3.8) is 0 Å². The second-order valence-electron chi connectivity index (χ2n) is 4.34. The number of methoxy groups -OCH3 is 1. The van der Waals surface area contributed by atoms with E-state index in [1.807, 2.05) is 0 Å². The lowest BCUT2D eigenvalue weighted by Gasteiger charge is -2.31. The fourth-order valence-corrected chi connectivity index (χ4v) is 1.98. The van der Waals surface area contributed by atoms with Crippen LogP contribution in [0.2, 0.25) is 0 Å². The van der Waals surface area contributed by atoms with E-state index in [9.17, 15) is 19.8 Å². The summed E-state index contributed by atoms with van der Waals surface area (Å²) in [4.78, 5) is 25.1. The molecule has 1 amide bonds. The lowest BCUT2D eigenvalue weighted by Crippen LogP contribution is -2.48. The second-order valence-corrected chi connectivity index (χ2v) is 4.34. The number of hydrogen-bond acceptors (Lipinski definition) is 6. The van der Waals surface area contributed by atoms with Crippen LogP contribution >= 0.6 is 0 Å². The number of phenolic OH excluding ortho intramolecular Hbond substituents is 2. The summed E-state index contributed by atoms with van der Waals surface area (Å²) in [5.41, 5.74) is 0.0633. The summed E-state index contributed by atoms with van der Waals surface area (Å²) >= 11 is 0. The van der Waals surface area contributed by atoms with E-state index in [1.54, 1.807) is 0 Å². The Labute approximate surface area is 115 Å². The molecule has 0 bridgehead atoms. The highest BCUT2D eigenvalue weighted by Crippen LogP contribution is 2.24. The van der Waals surface area contributed by atoms with E-state index in [4.69, 9.17) is 4.74 Å². The number of carbonyl (C=O) groups excluding carboxylic acids is 2. The van der Waals surface area contributed by atoms with Crippen molar-refractivity contribution < 1.29 is 29.3 Å². The number of nitrogens with zero attached hydrogens (tertiary/aromatic N) is 1. The van der Waals surface area contributed by atoms with Crippen molar-refractivity contribution in [2.24, 2.45) is 0 Å². The van der Waals surface area contributed by atoms with Gasteiger partial charge in [0.05, 0.1) is 25.8 Å². The Balaban J connectivity index is 2.14. The van der Waals surface area contributed by atoms with Crippen molar-refractivity contribution in [2.45, 2.75) is 6.10 Å². The van der Waals surface area contributed by atoms with Crippen LogP contribution in [0.4, 0.5) is 0 Å². The minimum atomic E-state index is -0.822. The van der Waals surface area contributed by atoms with Gasteiger partial charge in [-0.2, -0.15) is 0 Å². The van der Waals surface area contributed by atoms with Crippen LogP contribution < -0.4 is 0 Å². The second kappa shape index (κ2) is 5.79. The minimum Gasteiger partial charge on any atom is -0.508 e. The van der Waals surface area contributed by atoms with Crippen LogP contribution in [-0.4, -0.2) is 59.9 Å². The monoisotopic (exact) mass is 281 g/mol. The number of morpholine rings is 1. The molecule has 1 aromatic carbocycles. The first-order valence-electron chi connectivity index (χ1n) is 6.03. The highest BCUT2D eigenvalue weighted by Gasteiger charge is 2.31. The van der Waals surface area contributed by atoms with E-state index < -0.39 is 18.0 Å². The molecule has 0 radical (unpaired) electrons. The third-order valence-corrected chi connectivity index (χ3v) is 3.03. The first-order chi connectivity index (χ1) is 9.52. The topological polar surface area (TPSA) is 96.3 Å². The van der Waals surface area contributed by atoms with Gasteiger partial charge in [-0.05, 0) is 12.1 Å². The van der Waals surface area contributed by atoms with Crippen LogP contribution in [0.3, 0.4) is 0 Å². The number of benzene rings is 1. The maximum Gasteiger partial charge on any atom is 0.336 e. The normalized spacial score (nSPS) is 18.6. The van der Waals surface area contributed by atoms with Crippen LogP contribution in [0.5, 0.6) is 11.5 Å². The molecule has 1 unspecified atom stereocenters. The molecule has 1 saturated heterocycles. The Morgan fingerprint density at radius 1 is 1.40 bits per heavy atom. The van der Waals surface area contributed by atoms with Gasteiger partial charge in [0, 0.05) is 12.6 Å². The maximum atomic E-state index is 12.3. The molecule has 1 aliphatic heterocycles. The molecule has 0 aromatic heterocycles. The van der Waals surface area contributed by atoms with Crippen LogP contribution in [0.25, 0.3) is 0 Å². The fourth-order valence-electron chi connectivity index (χ4n) is 1.98. The summed E-state index contributed by atoms with van der Waals surface area (Å²) in [5, 5.41) is 18.9. The van der Waals surface area contributed by atoms with Gasteiger partial charge in [0.1, 0.15) is 11.5 Å². The quantitative estimate of drug-likeness (QED) is 0.747. The maximum absolute atomic E-state index is 12.3. The molecule has 1 fully saturated rings. The van der Waals surface area contributed by atoms with E-state index in [0.29, 0.717) is 6.54 Å². The Kier molecular flexibility index (Phi) is 4.09. The molecule has 0 saturated carbocycles. The number of ether oxygens (including phenoxy) is 2. The number of hydrogen-bond donors (Lipinski definition) is 2. The lowest BCUT2D eigenvalue weighted by atomic mass is 10.1. The molecular weight excluding hydrogens is 266 g/mol. The van der Waals surface area contributed by atoms with Gasteiger partial charge in [0.15, 0.2) is 6.10 Å². The van der Waals surface area contributed by atoms with Crippen molar-refractivity contribution in [1.29, 1.82) is 0 Å². The first kappa shape index (κ1) is 14.1. The van der Waals surface area contributed by atoms with Gasteiger partial charge in [-0.1, -0.05) is 0 Å². The summed E-state index contributed by atoms with van der Waals surface area (Å²) in [6.45, 7) is 0.586. The smallest absolute Gasteiger partial charge is 0.336 e. The number of amides is 1. The molecule has 20 heavy (non-hydrogen) atoms. The minimum absolute atomic E-state index is 0.0613. The van der Waals surface area contributed by atoms with Crippen molar-refractivity contribution in [1.82, 2.24) is 4.90 Å². The molecule has 1 heterocycles. The summed E-state index contributed by atoms with van der Waals surface area (Å²) in [6.07, 6.45) is -0.822. The van der Waals surface area contributed by atoms with Crippen LogP contribution in [0.15, 0.2) is 18.2 Å². The zero-order valence-corrected chi connectivity index (χ0v) is 10.9. The molecule has 1 aliphatic rings. The zero-order chi connectivity index (χ0) is 14.7. The molecule has 0 aliphatic carbocycles. The Morgan fingerprint density at radius 3 is 2.80 bits per heavy atom. The summed E-state index contributed by atoms with van der Waals surface area (Å²) in [5.74, 6) is -1.42. The van der Waals surface area contributed by atoms with Gasteiger partial charge >= 0.3 is 5.97 Å². The molecule has 2 N–H and O–H groups in total. The van der Waals surface area contributed by atoms with Crippen molar-refractivity contribution in [3.05, 3.63) is 23.8 Å². The van der Waals surface area contributed by atoms with Crippen molar-refractivity contribution in [3.8, 4) is 11.5 Å².